The number of nitrogens with zero attached hydrogens (tertiary/aromatic N) is 1. The molecule has 0 radical (unpaired) electrons. The minimum Gasteiger partial charge on any atom is -0.360 e. The Bertz CT molecular complexity index is 690. The molecule has 3 N–H and O–H groups in total. The predicted octanol–water partition coefficient (Wildman–Crippen LogP) is -0.214. The van der Waals surface area contributed by atoms with Crippen molar-refractivity contribution in [3.63, 3.8) is 0 Å². The summed E-state index contributed by atoms with van der Waals surface area (Å²) in [5.41, 5.74) is 0.416. The van der Waals surface area contributed by atoms with Crippen LogP contribution in [0.4, 0.5) is 0 Å². The molecule has 98 valence electrons. The van der Waals surface area contributed by atoms with Gasteiger partial charge in [-0.25, -0.2) is 13.1 Å². The second-order valence-electron chi connectivity index (χ2n) is 3.76. The molecule has 2 aromatic rings. The van der Waals surface area contributed by atoms with Crippen LogP contribution in [-0.2, 0) is 16.6 Å². The Morgan fingerprint density at radius 2 is 2.11 bits per heavy atom. The number of sulfonamides is 1. The fourth-order valence-electron chi connectivity index (χ4n) is 1.57. The summed E-state index contributed by atoms with van der Waals surface area (Å²) in [4.78, 5) is 10.9. The number of H-pyrrole nitrogens is 2. The molecule has 18 heavy (non-hydrogen) atoms. The van der Waals surface area contributed by atoms with Gasteiger partial charge in [-0.2, -0.15) is 0 Å². The fourth-order valence-corrected chi connectivity index (χ4v) is 2.90. The largest absolute Gasteiger partial charge is 0.360 e. The Morgan fingerprint density at radius 3 is 2.61 bits per heavy atom. The van der Waals surface area contributed by atoms with Crippen LogP contribution in [0.3, 0.4) is 0 Å². The minimum atomic E-state index is -3.71. The van der Waals surface area contributed by atoms with E-state index in [1.807, 2.05) is 0 Å². The van der Waals surface area contributed by atoms with Gasteiger partial charge in [-0.1, -0.05) is 5.16 Å². The fraction of sp³-hybridized carbons (Fsp3) is 0.333. The van der Waals surface area contributed by atoms with E-state index in [1.165, 1.54) is 13.0 Å². The topological polar surface area (TPSA) is 121 Å². The third-order valence-corrected chi connectivity index (χ3v) is 3.99. The number of hydrogen-bond acceptors (Lipinski definition) is 5. The summed E-state index contributed by atoms with van der Waals surface area (Å²) >= 11 is 0. The highest BCUT2D eigenvalue weighted by Gasteiger charge is 2.23. The van der Waals surface area contributed by atoms with Gasteiger partial charge < -0.3 is 9.62 Å². The molecule has 0 unspecified atom stereocenters. The first-order chi connectivity index (χ1) is 8.40. The lowest BCUT2D eigenvalue weighted by Crippen LogP contribution is -2.24. The van der Waals surface area contributed by atoms with Crippen LogP contribution < -0.4 is 10.3 Å². The average molecular weight is 272 g/mol. The summed E-state index contributed by atoms with van der Waals surface area (Å²) in [6, 6.07) is 1.27. The molecule has 9 heteroatoms. The molecule has 0 bridgehead atoms. The molecule has 0 saturated carbocycles. The Hall–Kier alpha value is -1.87. The van der Waals surface area contributed by atoms with Crippen molar-refractivity contribution in [2.75, 3.05) is 0 Å². The molecule has 0 atom stereocenters. The van der Waals surface area contributed by atoms with Gasteiger partial charge in [-0.05, 0) is 13.8 Å². The first-order valence-corrected chi connectivity index (χ1v) is 6.57. The van der Waals surface area contributed by atoms with Crippen molar-refractivity contribution in [2.24, 2.45) is 0 Å². The molecule has 2 aromatic heterocycles. The van der Waals surface area contributed by atoms with E-state index in [0.717, 1.165) is 0 Å². The highest BCUT2D eigenvalue weighted by atomic mass is 32.2. The monoisotopic (exact) mass is 272 g/mol. The Kier molecular flexibility index (Phi) is 3.09. The van der Waals surface area contributed by atoms with Crippen LogP contribution in [0.5, 0.6) is 0 Å². The van der Waals surface area contributed by atoms with Crippen molar-refractivity contribution in [1.82, 2.24) is 20.1 Å². The van der Waals surface area contributed by atoms with Crippen LogP contribution in [0.2, 0.25) is 0 Å². The molecular weight excluding hydrogens is 260 g/mol. The van der Waals surface area contributed by atoms with Gasteiger partial charge in [-0.15, -0.1) is 0 Å². The highest BCUT2D eigenvalue weighted by molar-refractivity contribution is 7.89. The maximum atomic E-state index is 12.0. The second-order valence-corrected chi connectivity index (χ2v) is 5.47. The number of aryl methyl sites for hydroxylation is 2. The molecule has 0 spiro atoms. The number of aromatic nitrogens is 3. The van der Waals surface area contributed by atoms with E-state index in [4.69, 9.17) is 4.52 Å². The van der Waals surface area contributed by atoms with Crippen molar-refractivity contribution in [3.8, 4) is 0 Å². The summed E-state index contributed by atoms with van der Waals surface area (Å²) in [6.07, 6.45) is 0. The molecule has 0 aromatic carbocycles. The first-order valence-electron chi connectivity index (χ1n) is 5.09. The lowest BCUT2D eigenvalue weighted by atomic mass is 10.4. The molecule has 0 aliphatic rings. The number of rotatable bonds is 4. The molecule has 2 heterocycles. The minimum absolute atomic E-state index is 0.0227. The van der Waals surface area contributed by atoms with Crippen molar-refractivity contribution < 1.29 is 12.9 Å². The normalized spacial score (nSPS) is 11.9. The number of nitrogens with one attached hydrogen (secondary N) is 3. The van der Waals surface area contributed by atoms with E-state index in [2.05, 4.69) is 20.1 Å². The van der Waals surface area contributed by atoms with Gasteiger partial charge in [-0.3, -0.25) is 9.89 Å². The molecule has 0 aliphatic carbocycles. The summed E-state index contributed by atoms with van der Waals surface area (Å²) in [6.45, 7) is 3.04. The zero-order chi connectivity index (χ0) is 13.3. The first kappa shape index (κ1) is 12.6. The summed E-state index contributed by atoms with van der Waals surface area (Å²) in [5.74, 6) is 0.225. The van der Waals surface area contributed by atoms with E-state index in [-0.39, 0.29) is 22.8 Å². The van der Waals surface area contributed by atoms with E-state index in [1.54, 1.807) is 6.92 Å². The van der Waals surface area contributed by atoms with Gasteiger partial charge in [0.15, 0.2) is 5.76 Å². The number of aromatic amines is 2. The smallest absolute Gasteiger partial charge is 0.264 e. The lowest BCUT2D eigenvalue weighted by molar-refractivity contribution is 0.390. The molecule has 0 amide bonds. The molecule has 8 nitrogen and oxygen atoms in total. The third-order valence-electron chi connectivity index (χ3n) is 2.34. The summed E-state index contributed by atoms with van der Waals surface area (Å²) < 4.78 is 31.2. The maximum Gasteiger partial charge on any atom is 0.264 e. The van der Waals surface area contributed by atoms with Gasteiger partial charge in [0.1, 0.15) is 10.6 Å². The lowest BCUT2D eigenvalue weighted by Gasteiger charge is -2.04. The molecular formula is C9H12N4O4S. The zero-order valence-corrected chi connectivity index (χ0v) is 10.6. The van der Waals surface area contributed by atoms with E-state index < -0.39 is 10.0 Å². The third kappa shape index (κ3) is 2.36. The SMILES string of the molecule is Cc1noc(C)c1S(=O)(=O)NCc1cc(=O)[nH][nH]1. The maximum absolute atomic E-state index is 12.0. The Labute approximate surface area is 102 Å². The van der Waals surface area contributed by atoms with Crippen LogP contribution >= 0.6 is 0 Å². The molecule has 0 fully saturated rings. The van der Waals surface area contributed by atoms with Crippen LogP contribution in [0.25, 0.3) is 0 Å². The second kappa shape index (κ2) is 4.42. The van der Waals surface area contributed by atoms with Gasteiger partial charge >= 0.3 is 0 Å². The molecule has 0 saturated heterocycles. The average Bonchev–Trinajstić information content (AvgIpc) is 2.83. The Morgan fingerprint density at radius 1 is 1.39 bits per heavy atom. The quantitative estimate of drug-likeness (QED) is 0.711. The van der Waals surface area contributed by atoms with Gasteiger partial charge in [0.2, 0.25) is 10.0 Å². The van der Waals surface area contributed by atoms with Crippen molar-refractivity contribution in [2.45, 2.75) is 25.3 Å². The van der Waals surface area contributed by atoms with Gasteiger partial charge in [0, 0.05) is 6.07 Å². The molecule has 0 aliphatic heterocycles. The van der Waals surface area contributed by atoms with Gasteiger partial charge in [0.05, 0.1) is 12.2 Å². The summed E-state index contributed by atoms with van der Waals surface area (Å²) in [7, 11) is -3.71. The van der Waals surface area contributed by atoms with Gasteiger partial charge in [0.25, 0.3) is 5.56 Å². The summed E-state index contributed by atoms with van der Waals surface area (Å²) in [5, 5.41) is 8.45. The number of hydrogen-bond donors (Lipinski definition) is 3. The standard InChI is InChI=1S/C9H12N4O4S/c1-5-9(6(2)17-13-5)18(15,16)10-4-7-3-8(14)12-11-7/h3,10H,4H2,1-2H3,(H2,11,12,14). The van der Waals surface area contributed by atoms with E-state index >= 15 is 0 Å². The van der Waals surface area contributed by atoms with E-state index in [9.17, 15) is 13.2 Å². The van der Waals surface area contributed by atoms with Crippen molar-refractivity contribution in [1.29, 1.82) is 0 Å². The van der Waals surface area contributed by atoms with Crippen LogP contribution in [-0.4, -0.2) is 23.8 Å². The highest BCUT2D eigenvalue weighted by Crippen LogP contribution is 2.18. The van der Waals surface area contributed by atoms with E-state index in [0.29, 0.717) is 11.4 Å². The van der Waals surface area contributed by atoms with Crippen LogP contribution in [0.1, 0.15) is 17.1 Å². The van der Waals surface area contributed by atoms with Crippen molar-refractivity contribution in [3.05, 3.63) is 33.6 Å². The zero-order valence-electron chi connectivity index (χ0n) is 9.77. The van der Waals surface area contributed by atoms with Crippen LogP contribution in [0.15, 0.2) is 20.3 Å². The Balaban J connectivity index is 2.20. The predicted molar refractivity (Wildman–Crippen MR) is 61.4 cm³/mol. The molecule has 2 rings (SSSR count). The van der Waals surface area contributed by atoms with Crippen molar-refractivity contribution >= 4 is 10.0 Å². The van der Waals surface area contributed by atoms with Crippen LogP contribution in [0, 0.1) is 13.8 Å².